The van der Waals surface area contributed by atoms with Crippen molar-refractivity contribution >= 4 is 17.5 Å². The van der Waals surface area contributed by atoms with Gasteiger partial charge in [-0.15, -0.1) is 0 Å². The highest BCUT2D eigenvalue weighted by Gasteiger charge is 2.35. The number of hydrogen-bond acceptors (Lipinski definition) is 3. The number of benzene rings is 2. The van der Waals surface area contributed by atoms with Crippen LogP contribution in [-0.2, 0) is 4.79 Å². The van der Waals surface area contributed by atoms with Crippen LogP contribution < -0.4 is 10.2 Å². The Kier molecular flexibility index (Phi) is 6.95. The van der Waals surface area contributed by atoms with Crippen LogP contribution in [0.15, 0.2) is 79.0 Å². The summed E-state index contributed by atoms with van der Waals surface area (Å²) in [5.74, 6) is -0.463. The number of para-hydroxylation sites is 1. The molecule has 1 aliphatic carbocycles. The summed E-state index contributed by atoms with van der Waals surface area (Å²) in [6.45, 7) is 2.01. The van der Waals surface area contributed by atoms with Crippen molar-refractivity contribution < 1.29 is 9.59 Å². The molecule has 0 radical (unpaired) electrons. The van der Waals surface area contributed by atoms with Gasteiger partial charge in [0.2, 0.25) is 5.91 Å². The minimum absolute atomic E-state index is 0.145. The van der Waals surface area contributed by atoms with E-state index in [4.69, 9.17) is 0 Å². The van der Waals surface area contributed by atoms with Crippen molar-refractivity contribution in [2.75, 3.05) is 4.90 Å². The largest absolute Gasteiger partial charge is 0.351 e. The molecule has 1 saturated carbocycles. The first-order valence-electron chi connectivity index (χ1n) is 11.3. The predicted octanol–water partition coefficient (Wildman–Crippen LogP) is 5.23. The van der Waals surface area contributed by atoms with Crippen molar-refractivity contribution in [1.29, 1.82) is 0 Å². The third-order valence-corrected chi connectivity index (χ3v) is 5.99. The van der Waals surface area contributed by atoms with Crippen LogP contribution in [0.25, 0.3) is 0 Å². The maximum Gasteiger partial charge on any atom is 0.277 e. The molecule has 1 N–H and O–H groups in total. The van der Waals surface area contributed by atoms with E-state index in [1.54, 1.807) is 29.3 Å². The van der Waals surface area contributed by atoms with Crippen LogP contribution in [0, 0.1) is 6.92 Å². The number of amides is 2. The molecule has 1 aliphatic rings. The molecule has 2 aromatic carbocycles. The number of carbonyl (C=O) groups excluding carboxylic acids is 2. The molecule has 164 valence electrons. The van der Waals surface area contributed by atoms with Crippen LogP contribution in [0.3, 0.4) is 0 Å². The smallest absolute Gasteiger partial charge is 0.277 e. The Balaban J connectivity index is 1.77. The van der Waals surface area contributed by atoms with E-state index in [2.05, 4.69) is 10.3 Å². The van der Waals surface area contributed by atoms with E-state index in [0.717, 1.165) is 36.8 Å². The van der Waals surface area contributed by atoms with Gasteiger partial charge in [0.1, 0.15) is 11.7 Å². The first-order chi connectivity index (χ1) is 15.6. The molecule has 2 amide bonds. The van der Waals surface area contributed by atoms with Gasteiger partial charge in [0.05, 0.1) is 0 Å². The number of nitrogens with one attached hydrogen (secondary N) is 1. The van der Waals surface area contributed by atoms with Crippen LogP contribution >= 0.6 is 0 Å². The molecule has 0 unspecified atom stereocenters. The van der Waals surface area contributed by atoms with Crippen molar-refractivity contribution in [3.63, 3.8) is 0 Å². The number of hydrogen-bond donors (Lipinski definition) is 1. The number of carbonyl (C=O) groups is 2. The van der Waals surface area contributed by atoms with Gasteiger partial charge in [0.15, 0.2) is 0 Å². The number of anilines is 1. The quantitative estimate of drug-likeness (QED) is 0.586. The summed E-state index contributed by atoms with van der Waals surface area (Å²) >= 11 is 0. The summed E-state index contributed by atoms with van der Waals surface area (Å²) in [6.07, 6.45) is 7.00. The second-order valence-electron chi connectivity index (χ2n) is 8.38. The van der Waals surface area contributed by atoms with Crippen molar-refractivity contribution in [2.45, 2.75) is 51.1 Å². The molecule has 0 spiro atoms. The van der Waals surface area contributed by atoms with E-state index in [-0.39, 0.29) is 17.9 Å². The Hall–Kier alpha value is -3.47. The third-order valence-electron chi connectivity index (χ3n) is 5.99. The van der Waals surface area contributed by atoms with Crippen molar-refractivity contribution in [3.05, 3.63) is 95.8 Å². The molecule has 0 bridgehead atoms. The van der Waals surface area contributed by atoms with Gasteiger partial charge in [-0.3, -0.25) is 19.5 Å². The molecule has 1 fully saturated rings. The van der Waals surface area contributed by atoms with E-state index in [0.29, 0.717) is 11.4 Å². The minimum Gasteiger partial charge on any atom is -0.351 e. The summed E-state index contributed by atoms with van der Waals surface area (Å²) in [5, 5.41) is 3.24. The second-order valence-corrected chi connectivity index (χ2v) is 8.38. The molecular formula is C27H29N3O2. The Bertz CT molecular complexity index is 1030. The van der Waals surface area contributed by atoms with Crippen molar-refractivity contribution in [1.82, 2.24) is 10.3 Å². The lowest BCUT2D eigenvalue weighted by Gasteiger charge is -2.33. The molecule has 1 heterocycles. The van der Waals surface area contributed by atoms with E-state index in [9.17, 15) is 9.59 Å². The summed E-state index contributed by atoms with van der Waals surface area (Å²) in [6, 6.07) is 21.8. The zero-order valence-corrected chi connectivity index (χ0v) is 18.4. The minimum atomic E-state index is -0.797. The van der Waals surface area contributed by atoms with Crippen LogP contribution in [0.2, 0.25) is 0 Å². The first-order valence-corrected chi connectivity index (χ1v) is 11.3. The molecule has 5 heteroatoms. The SMILES string of the molecule is Cc1ccc([C@@H](C(=O)NC2CCCCC2)N(C(=O)c2ccccn2)c2ccccc2)cc1. The fourth-order valence-electron chi connectivity index (χ4n) is 4.28. The third kappa shape index (κ3) is 5.05. The van der Waals surface area contributed by atoms with Gasteiger partial charge in [0.25, 0.3) is 5.91 Å². The summed E-state index contributed by atoms with van der Waals surface area (Å²) in [7, 11) is 0. The van der Waals surface area contributed by atoms with Gasteiger partial charge in [-0.25, -0.2) is 0 Å². The first kappa shape index (κ1) is 21.8. The molecule has 4 rings (SSSR count). The molecule has 1 atom stereocenters. The molecule has 5 nitrogen and oxygen atoms in total. The van der Waals surface area contributed by atoms with Crippen LogP contribution in [0.5, 0.6) is 0 Å². The van der Waals surface area contributed by atoms with E-state index >= 15 is 0 Å². The number of aryl methyl sites for hydroxylation is 1. The zero-order chi connectivity index (χ0) is 22.3. The second kappa shape index (κ2) is 10.2. The maximum atomic E-state index is 13.7. The van der Waals surface area contributed by atoms with Gasteiger partial charge < -0.3 is 5.32 Å². The van der Waals surface area contributed by atoms with Crippen molar-refractivity contribution in [2.24, 2.45) is 0 Å². The van der Waals surface area contributed by atoms with Crippen LogP contribution in [0.4, 0.5) is 5.69 Å². The molecular weight excluding hydrogens is 398 g/mol. The van der Waals surface area contributed by atoms with Crippen LogP contribution in [0.1, 0.15) is 59.8 Å². The highest BCUT2D eigenvalue weighted by molar-refractivity contribution is 6.09. The Labute approximate surface area is 189 Å². The number of aromatic nitrogens is 1. The highest BCUT2D eigenvalue weighted by atomic mass is 16.2. The van der Waals surface area contributed by atoms with Crippen molar-refractivity contribution in [3.8, 4) is 0 Å². The molecule has 1 aromatic heterocycles. The highest BCUT2D eigenvalue weighted by Crippen LogP contribution is 2.30. The van der Waals surface area contributed by atoms with E-state index in [1.165, 1.54) is 6.42 Å². The summed E-state index contributed by atoms with van der Waals surface area (Å²) in [4.78, 5) is 33.3. The lowest BCUT2D eigenvalue weighted by atomic mass is 9.94. The normalized spacial score (nSPS) is 15.0. The topological polar surface area (TPSA) is 62.3 Å². The lowest BCUT2D eigenvalue weighted by molar-refractivity contribution is -0.123. The average molecular weight is 428 g/mol. The van der Waals surface area contributed by atoms with Gasteiger partial charge >= 0.3 is 0 Å². The van der Waals surface area contributed by atoms with Gasteiger partial charge in [-0.2, -0.15) is 0 Å². The Morgan fingerprint density at radius 2 is 1.59 bits per heavy atom. The Morgan fingerprint density at radius 3 is 2.25 bits per heavy atom. The van der Waals surface area contributed by atoms with Gasteiger partial charge in [-0.1, -0.05) is 73.4 Å². The monoisotopic (exact) mass is 427 g/mol. The molecule has 3 aromatic rings. The van der Waals surface area contributed by atoms with Gasteiger partial charge in [-0.05, 0) is 49.6 Å². The summed E-state index contributed by atoms with van der Waals surface area (Å²) < 4.78 is 0. The van der Waals surface area contributed by atoms with E-state index in [1.807, 2.05) is 61.5 Å². The van der Waals surface area contributed by atoms with Gasteiger partial charge in [0, 0.05) is 17.9 Å². The standard InChI is InChI=1S/C27H29N3O2/c1-20-15-17-21(18-16-20)25(26(31)29-22-10-4-2-5-11-22)30(23-12-6-3-7-13-23)27(32)24-14-8-9-19-28-24/h3,6-9,12-19,22,25H,2,4-5,10-11H2,1H3,(H,29,31)/t25-/m0/s1. The fraction of sp³-hybridized carbons (Fsp3) is 0.296. The number of nitrogens with zero attached hydrogens (tertiary/aromatic N) is 2. The fourth-order valence-corrected chi connectivity index (χ4v) is 4.28. The molecule has 0 aliphatic heterocycles. The number of rotatable bonds is 6. The van der Waals surface area contributed by atoms with E-state index < -0.39 is 6.04 Å². The molecule has 0 saturated heterocycles. The predicted molar refractivity (Wildman–Crippen MR) is 126 cm³/mol. The zero-order valence-electron chi connectivity index (χ0n) is 18.4. The summed E-state index contributed by atoms with van der Waals surface area (Å²) in [5.41, 5.74) is 2.84. The lowest BCUT2D eigenvalue weighted by Crippen LogP contribution is -2.47. The average Bonchev–Trinajstić information content (AvgIpc) is 2.84. The maximum absolute atomic E-state index is 13.7. The van der Waals surface area contributed by atoms with Crippen LogP contribution in [-0.4, -0.2) is 22.8 Å². The molecule has 32 heavy (non-hydrogen) atoms. The number of pyridine rings is 1. The Morgan fingerprint density at radius 1 is 0.906 bits per heavy atom.